The Hall–Kier alpha value is -0.830. The third kappa shape index (κ3) is 1.93. The Balaban J connectivity index is 2.37. The van der Waals surface area contributed by atoms with Crippen LogP contribution >= 0.6 is 15.9 Å². The molecule has 1 aromatic rings. The molecule has 0 amide bonds. The Morgan fingerprint density at radius 2 is 2.20 bits per heavy atom. The molecule has 1 atom stereocenters. The van der Waals surface area contributed by atoms with Gasteiger partial charge in [0.15, 0.2) is 0 Å². The van der Waals surface area contributed by atoms with Crippen molar-refractivity contribution in [2.24, 2.45) is 5.41 Å². The van der Waals surface area contributed by atoms with Gasteiger partial charge in [0.2, 0.25) is 0 Å². The summed E-state index contributed by atoms with van der Waals surface area (Å²) in [6.45, 7) is 1.83. The first kappa shape index (κ1) is 10.7. The molecule has 0 aliphatic heterocycles. The highest BCUT2D eigenvalue weighted by molar-refractivity contribution is 9.10. The van der Waals surface area contributed by atoms with Gasteiger partial charge >= 0.3 is 5.97 Å². The second-order valence-corrected chi connectivity index (χ2v) is 5.37. The van der Waals surface area contributed by atoms with E-state index in [0.29, 0.717) is 6.42 Å². The summed E-state index contributed by atoms with van der Waals surface area (Å²) in [7, 11) is 0. The average Bonchev–Trinajstić information content (AvgIpc) is 2.16. The summed E-state index contributed by atoms with van der Waals surface area (Å²) in [5.41, 5.74) is 1.87. The van der Waals surface area contributed by atoms with Gasteiger partial charge in [0.1, 0.15) is 0 Å². The fraction of sp³-hybridized carbons (Fsp3) is 0.417. The lowest BCUT2D eigenvalue weighted by Crippen LogP contribution is -2.33. The first-order valence-corrected chi connectivity index (χ1v) is 5.81. The van der Waals surface area contributed by atoms with Gasteiger partial charge < -0.3 is 5.11 Å². The van der Waals surface area contributed by atoms with Crippen LogP contribution in [-0.2, 0) is 17.6 Å². The summed E-state index contributed by atoms with van der Waals surface area (Å²) >= 11 is 3.42. The van der Waals surface area contributed by atoms with Crippen molar-refractivity contribution in [3.63, 3.8) is 0 Å². The minimum atomic E-state index is -0.687. The first-order valence-electron chi connectivity index (χ1n) is 5.02. The maximum absolute atomic E-state index is 11.2. The van der Waals surface area contributed by atoms with E-state index in [4.69, 9.17) is 0 Å². The minimum Gasteiger partial charge on any atom is -0.481 e. The number of hydrogen-bond donors (Lipinski definition) is 1. The van der Waals surface area contributed by atoms with Crippen LogP contribution in [-0.4, -0.2) is 11.1 Å². The number of carbonyl (C=O) groups is 1. The smallest absolute Gasteiger partial charge is 0.309 e. The summed E-state index contributed by atoms with van der Waals surface area (Å²) in [5.74, 6) is -0.687. The fourth-order valence-electron chi connectivity index (χ4n) is 2.10. The molecule has 3 heteroatoms. The van der Waals surface area contributed by atoms with Crippen molar-refractivity contribution in [1.29, 1.82) is 0 Å². The van der Waals surface area contributed by atoms with E-state index in [1.54, 1.807) is 0 Å². The van der Waals surface area contributed by atoms with Crippen LogP contribution < -0.4 is 0 Å². The Bertz CT molecular complexity index is 414. The fourth-order valence-corrected chi connectivity index (χ4v) is 2.51. The SMILES string of the molecule is CC1(C(=O)O)CCc2ccc(Br)cc2C1. The molecule has 0 heterocycles. The minimum absolute atomic E-state index is 0.589. The van der Waals surface area contributed by atoms with Crippen LogP contribution in [0.2, 0.25) is 0 Å². The van der Waals surface area contributed by atoms with Crippen molar-refractivity contribution in [3.05, 3.63) is 33.8 Å². The average molecular weight is 269 g/mol. The zero-order valence-electron chi connectivity index (χ0n) is 8.59. The van der Waals surface area contributed by atoms with Gasteiger partial charge in [-0.25, -0.2) is 0 Å². The third-order valence-electron chi connectivity index (χ3n) is 3.21. The van der Waals surface area contributed by atoms with Crippen LogP contribution in [0.4, 0.5) is 0 Å². The van der Waals surface area contributed by atoms with Gasteiger partial charge in [0.25, 0.3) is 0 Å². The predicted molar refractivity (Wildman–Crippen MR) is 61.9 cm³/mol. The molecule has 80 valence electrons. The standard InChI is InChI=1S/C12H13BrO2/c1-12(11(14)15)5-4-8-2-3-10(13)6-9(8)7-12/h2-3,6H,4-5,7H2,1H3,(H,14,15). The summed E-state index contributed by atoms with van der Waals surface area (Å²) in [4.78, 5) is 11.2. The number of benzene rings is 1. The topological polar surface area (TPSA) is 37.3 Å². The van der Waals surface area contributed by atoms with Gasteiger partial charge in [-0.1, -0.05) is 22.0 Å². The quantitative estimate of drug-likeness (QED) is 0.850. The van der Waals surface area contributed by atoms with E-state index in [2.05, 4.69) is 22.0 Å². The third-order valence-corrected chi connectivity index (χ3v) is 3.70. The second-order valence-electron chi connectivity index (χ2n) is 4.46. The highest BCUT2D eigenvalue weighted by Gasteiger charge is 2.36. The van der Waals surface area contributed by atoms with Crippen molar-refractivity contribution >= 4 is 21.9 Å². The number of aliphatic carboxylic acids is 1. The number of fused-ring (bicyclic) bond motifs is 1. The van der Waals surface area contributed by atoms with Crippen LogP contribution in [0.5, 0.6) is 0 Å². The van der Waals surface area contributed by atoms with Crippen molar-refractivity contribution in [2.75, 3.05) is 0 Å². The Morgan fingerprint density at radius 3 is 2.87 bits per heavy atom. The van der Waals surface area contributed by atoms with Gasteiger partial charge in [-0.3, -0.25) is 4.79 Å². The monoisotopic (exact) mass is 268 g/mol. The van der Waals surface area contributed by atoms with Crippen LogP contribution in [0.15, 0.2) is 22.7 Å². The summed E-state index contributed by atoms with van der Waals surface area (Å²) in [6.07, 6.45) is 2.24. The van der Waals surface area contributed by atoms with E-state index in [-0.39, 0.29) is 0 Å². The van der Waals surface area contributed by atoms with Crippen molar-refractivity contribution in [3.8, 4) is 0 Å². The first-order chi connectivity index (χ1) is 7.01. The molecule has 0 saturated heterocycles. The normalized spacial score (nSPS) is 24.7. The highest BCUT2D eigenvalue weighted by atomic mass is 79.9. The second kappa shape index (κ2) is 3.63. The molecule has 15 heavy (non-hydrogen) atoms. The zero-order chi connectivity index (χ0) is 11.1. The lowest BCUT2D eigenvalue weighted by atomic mass is 9.73. The molecule has 0 spiro atoms. The van der Waals surface area contributed by atoms with E-state index in [1.807, 2.05) is 19.1 Å². The molecule has 0 aromatic heterocycles. The maximum atomic E-state index is 11.2. The number of hydrogen-bond acceptors (Lipinski definition) is 1. The predicted octanol–water partition coefficient (Wildman–Crippen LogP) is 3.03. The molecular weight excluding hydrogens is 256 g/mol. The molecule has 0 saturated carbocycles. The van der Waals surface area contributed by atoms with E-state index < -0.39 is 11.4 Å². The van der Waals surface area contributed by atoms with Crippen LogP contribution in [0.1, 0.15) is 24.5 Å². The summed E-state index contributed by atoms with van der Waals surface area (Å²) < 4.78 is 1.02. The van der Waals surface area contributed by atoms with Gasteiger partial charge in [-0.2, -0.15) is 0 Å². The highest BCUT2D eigenvalue weighted by Crippen LogP contribution is 2.36. The molecule has 1 aromatic carbocycles. The van der Waals surface area contributed by atoms with Gasteiger partial charge in [-0.05, 0) is 49.4 Å². The van der Waals surface area contributed by atoms with Crippen molar-refractivity contribution < 1.29 is 9.90 Å². The van der Waals surface area contributed by atoms with Gasteiger partial charge in [0.05, 0.1) is 5.41 Å². The molecule has 2 nitrogen and oxygen atoms in total. The molecule has 0 fully saturated rings. The molecule has 0 bridgehead atoms. The Labute approximate surface area is 97.4 Å². The molecule has 1 N–H and O–H groups in total. The molecular formula is C12H13BrO2. The zero-order valence-corrected chi connectivity index (χ0v) is 10.2. The van der Waals surface area contributed by atoms with Gasteiger partial charge in [0, 0.05) is 4.47 Å². The van der Waals surface area contributed by atoms with Crippen molar-refractivity contribution in [1.82, 2.24) is 0 Å². The molecule has 2 rings (SSSR count). The van der Waals surface area contributed by atoms with Crippen LogP contribution in [0.25, 0.3) is 0 Å². The van der Waals surface area contributed by atoms with E-state index in [0.717, 1.165) is 17.3 Å². The molecule has 1 aliphatic carbocycles. The number of halogens is 1. The molecule has 1 unspecified atom stereocenters. The summed E-state index contributed by atoms with van der Waals surface area (Å²) in [6, 6.07) is 6.14. The van der Waals surface area contributed by atoms with Crippen LogP contribution in [0, 0.1) is 5.41 Å². The Morgan fingerprint density at radius 1 is 1.47 bits per heavy atom. The van der Waals surface area contributed by atoms with E-state index >= 15 is 0 Å². The lowest BCUT2D eigenvalue weighted by Gasteiger charge is -2.31. The number of rotatable bonds is 1. The van der Waals surface area contributed by atoms with Crippen molar-refractivity contribution in [2.45, 2.75) is 26.2 Å². The molecule has 1 aliphatic rings. The number of carboxylic acids is 1. The summed E-state index contributed by atoms with van der Waals surface area (Å²) in [5, 5.41) is 9.18. The lowest BCUT2D eigenvalue weighted by molar-refractivity contribution is -0.148. The van der Waals surface area contributed by atoms with E-state index in [1.165, 1.54) is 11.1 Å². The van der Waals surface area contributed by atoms with E-state index in [9.17, 15) is 9.90 Å². The largest absolute Gasteiger partial charge is 0.481 e. The number of carboxylic acid groups (broad SMARTS) is 1. The van der Waals surface area contributed by atoms with Gasteiger partial charge in [-0.15, -0.1) is 0 Å². The number of aryl methyl sites for hydroxylation is 1. The van der Waals surface area contributed by atoms with Crippen LogP contribution in [0.3, 0.4) is 0 Å². The Kier molecular flexibility index (Phi) is 2.59. The molecule has 0 radical (unpaired) electrons. The maximum Gasteiger partial charge on any atom is 0.309 e.